The Labute approximate surface area is 174 Å². The van der Waals surface area contributed by atoms with Crippen LogP contribution in [-0.4, -0.2) is 52.4 Å². The second kappa shape index (κ2) is 7.67. The van der Waals surface area contributed by atoms with Gasteiger partial charge in [-0.05, 0) is 55.3 Å². The topological polar surface area (TPSA) is 45.6 Å². The molecule has 0 aliphatic carbocycles. The summed E-state index contributed by atoms with van der Waals surface area (Å²) in [5, 5.41) is 2.24. The Morgan fingerprint density at radius 3 is 2.41 bits per heavy atom. The highest BCUT2D eigenvalue weighted by molar-refractivity contribution is 7.16. The fourth-order valence-corrected chi connectivity index (χ4v) is 5.50. The minimum atomic E-state index is 0.0854. The predicted octanol–water partition coefficient (Wildman–Crippen LogP) is 4.17. The summed E-state index contributed by atoms with van der Waals surface area (Å²) in [4.78, 5) is 30.3. The van der Waals surface area contributed by atoms with Crippen molar-refractivity contribution in [2.75, 3.05) is 26.2 Å². The quantitative estimate of drug-likeness (QED) is 0.654. The highest BCUT2D eigenvalue weighted by Gasteiger charge is 2.31. The number of benzene rings is 1. The van der Waals surface area contributed by atoms with Crippen molar-refractivity contribution in [1.82, 2.24) is 14.4 Å². The number of hydrogen-bond donors (Lipinski definition) is 0. The molecule has 2 aliphatic heterocycles. The minimum absolute atomic E-state index is 0.0854. The van der Waals surface area contributed by atoms with Crippen LogP contribution >= 0.6 is 11.3 Å². The molecule has 6 heteroatoms. The number of carbonyl (C=O) groups excluding carboxylic acids is 2. The molecule has 4 heterocycles. The average molecular weight is 408 g/mol. The lowest BCUT2D eigenvalue weighted by Crippen LogP contribution is -2.43. The first-order valence-corrected chi connectivity index (χ1v) is 11.3. The van der Waals surface area contributed by atoms with E-state index in [1.165, 1.54) is 16.7 Å². The molecule has 2 fully saturated rings. The van der Waals surface area contributed by atoms with Gasteiger partial charge < -0.3 is 14.4 Å². The largest absolute Gasteiger partial charge is 0.342 e. The van der Waals surface area contributed by atoms with Crippen molar-refractivity contribution in [3.05, 3.63) is 53.5 Å². The third-order valence-electron chi connectivity index (χ3n) is 6.19. The van der Waals surface area contributed by atoms with Crippen LogP contribution in [0.1, 0.15) is 35.4 Å². The maximum atomic E-state index is 13.0. The summed E-state index contributed by atoms with van der Waals surface area (Å²) in [6, 6.07) is 14.3. The number of rotatable bonds is 3. The van der Waals surface area contributed by atoms with Gasteiger partial charge >= 0.3 is 0 Å². The smallest absolute Gasteiger partial charge is 0.263 e. The predicted molar refractivity (Wildman–Crippen MR) is 116 cm³/mol. The molecule has 5 nitrogen and oxygen atoms in total. The first kappa shape index (κ1) is 18.4. The van der Waals surface area contributed by atoms with Crippen LogP contribution < -0.4 is 0 Å². The van der Waals surface area contributed by atoms with E-state index in [0.29, 0.717) is 19.0 Å². The second-order valence-electron chi connectivity index (χ2n) is 7.98. The fourth-order valence-electron chi connectivity index (χ4n) is 4.53. The van der Waals surface area contributed by atoms with Crippen molar-refractivity contribution in [2.24, 2.45) is 5.92 Å². The minimum Gasteiger partial charge on any atom is -0.342 e. The van der Waals surface area contributed by atoms with Crippen LogP contribution in [0.4, 0.5) is 0 Å². The maximum absolute atomic E-state index is 13.0. The van der Waals surface area contributed by atoms with Crippen molar-refractivity contribution in [1.29, 1.82) is 0 Å². The van der Waals surface area contributed by atoms with E-state index in [4.69, 9.17) is 0 Å². The molecule has 2 saturated heterocycles. The molecule has 1 aromatic carbocycles. The Kier molecular flexibility index (Phi) is 4.87. The summed E-state index contributed by atoms with van der Waals surface area (Å²) < 4.78 is 2.14. The number of fused-ring (bicyclic) bond motifs is 1. The molecule has 0 spiro atoms. The number of amides is 2. The van der Waals surface area contributed by atoms with E-state index in [-0.39, 0.29) is 11.8 Å². The van der Waals surface area contributed by atoms with Gasteiger partial charge in [0.15, 0.2) is 0 Å². The lowest BCUT2D eigenvalue weighted by Gasteiger charge is -2.33. The molecule has 2 aliphatic rings. The Morgan fingerprint density at radius 1 is 0.862 bits per heavy atom. The van der Waals surface area contributed by atoms with Crippen molar-refractivity contribution in [2.45, 2.75) is 25.7 Å². The van der Waals surface area contributed by atoms with Gasteiger partial charge in [-0.15, -0.1) is 11.3 Å². The fraction of sp³-hybridized carbons (Fsp3) is 0.391. The first-order valence-electron chi connectivity index (χ1n) is 10.4. The second-order valence-corrected chi connectivity index (χ2v) is 9.04. The van der Waals surface area contributed by atoms with E-state index in [9.17, 15) is 9.59 Å². The van der Waals surface area contributed by atoms with Crippen LogP contribution in [0, 0.1) is 5.92 Å². The molecule has 0 atom stereocenters. The number of thiophene rings is 1. The van der Waals surface area contributed by atoms with Crippen LogP contribution in [0.15, 0.2) is 48.7 Å². The molecule has 0 radical (unpaired) electrons. The van der Waals surface area contributed by atoms with E-state index in [1.807, 2.05) is 34.1 Å². The van der Waals surface area contributed by atoms with Crippen LogP contribution in [0.5, 0.6) is 0 Å². The number of carbonyl (C=O) groups is 2. The molecule has 0 N–H and O–H groups in total. The van der Waals surface area contributed by atoms with Gasteiger partial charge in [0.1, 0.15) is 5.00 Å². The number of para-hydroxylation sites is 1. The summed E-state index contributed by atoms with van der Waals surface area (Å²) in [6.45, 7) is 3.15. The highest BCUT2D eigenvalue weighted by atomic mass is 32.1. The van der Waals surface area contributed by atoms with Gasteiger partial charge in [0.25, 0.3) is 5.91 Å². The molecule has 0 unspecified atom stereocenters. The van der Waals surface area contributed by atoms with Gasteiger partial charge in [0.05, 0.1) is 10.4 Å². The zero-order valence-corrected chi connectivity index (χ0v) is 17.2. The molecule has 2 amide bonds. The normalized spacial score (nSPS) is 17.9. The number of hydrogen-bond acceptors (Lipinski definition) is 3. The molecule has 0 bridgehead atoms. The lowest BCUT2D eigenvalue weighted by molar-refractivity contribution is -0.135. The number of likely N-dealkylation sites (tertiary alicyclic amines) is 2. The van der Waals surface area contributed by atoms with Gasteiger partial charge in [-0.25, -0.2) is 0 Å². The standard InChI is InChI=1S/C23H25N3O2S/c27-22(24-12-3-4-13-24)18-9-14-25(15-10-18)23(28)20-7-8-21(29-20)26-16-11-17-5-1-2-6-19(17)26/h1-2,5-8,11,16,18H,3-4,9-10,12-15H2. The third kappa shape index (κ3) is 3.46. The van der Waals surface area contributed by atoms with Crippen molar-refractivity contribution < 1.29 is 9.59 Å². The van der Waals surface area contributed by atoms with Crippen molar-refractivity contribution >= 4 is 34.1 Å². The highest BCUT2D eigenvalue weighted by Crippen LogP contribution is 2.28. The zero-order valence-electron chi connectivity index (χ0n) is 16.4. The lowest BCUT2D eigenvalue weighted by atomic mass is 9.95. The van der Waals surface area contributed by atoms with Crippen molar-refractivity contribution in [3.8, 4) is 5.00 Å². The molecule has 3 aromatic rings. The first-order chi connectivity index (χ1) is 14.2. The summed E-state index contributed by atoms with van der Waals surface area (Å²) >= 11 is 1.53. The summed E-state index contributed by atoms with van der Waals surface area (Å²) in [7, 11) is 0. The van der Waals surface area contributed by atoms with E-state index in [2.05, 4.69) is 29.0 Å². The van der Waals surface area contributed by atoms with Crippen molar-refractivity contribution in [3.63, 3.8) is 0 Å². The molecule has 29 heavy (non-hydrogen) atoms. The monoisotopic (exact) mass is 407 g/mol. The van der Waals surface area contributed by atoms with Crippen LogP contribution in [0.25, 0.3) is 15.9 Å². The Hall–Kier alpha value is -2.60. The SMILES string of the molecule is O=C(c1ccc(-n2ccc3ccccc32)s1)N1CCC(C(=O)N2CCCC2)CC1. The molecule has 5 rings (SSSR count). The zero-order chi connectivity index (χ0) is 19.8. The Morgan fingerprint density at radius 2 is 1.62 bits per heavy atom. The third-order valence-corrected chi connectivity index (χ3v) is 7.26. The van der Waals surface area contributed by atoms with E-state index >= 15 is 0 Å². The van der Waals surface area contributed by atoms with Crippen LogP contribution in [0.3, 0.4) is 0 Å². The maximum Gasteiger partial charge on any atom is 0.263 e. The van der Waals surface area contributed by atoms with E-state index in [1.54, 1.807) is 0 Å². The van der Waals surface area contributed by atoms with Gasteiger partial charge in [-0.3, -0.25) is 9.59 Å². The van der Waals surface area contributed by atoms with Crippen LogP contribution in [0.2, 0.25) is 0 Å². The van der Waals surface area contributed by atoms with Gasteiger partial charge in [0, 0.05) is 38.3 Å². The van der Waals surface area contributed by atoms with Gasteiger partial charge in [-0.2, -0.15) is 0 Å². The molecule has 2 aromatic heterocycles. The number of aromatic nitrogens is 1. The Balaban J connectivity index is 1.26. The van der Waals surface area contributed by atoms with E-state index < -0.39 is 0 Å². The average Bonchev–Trinajstić information content (AvgIpc) is 3.53. The molecular weight excluding hydrogens is 382 g/mol. The summed E-state index contributed by atoms with van der Waals surface area (Å²) in [5.74, 6) is 0.472. The van der Waals surface area contributed by atoms with Gasteiger partial charge in [0.2, 0.25) is 5.91 Å². The summed E-state index contributed by atoms with van der Waals surface area (Å²) in [6.07, 6.45) is 5.87. The van der Waals surface area contributed by atoms with Crippen LogP contribution in [-0.2, 0) is 4.79 Å². The van der Waals surface area contributed by atoms with E-state index in [0.717, 1.165) is 54.2 Å². The molecule has 0 saturated carbocycles. The molecular formula is C23H25N3O2S. The number of piperidine rings is 1. The molecule has 150 valence electrons. The van der Waals surface area contributed by atoms with Gasteiger partial charge in [-0.1, -0.05) is 18.2 Å². The summed E-state index contributed by atoms with van der Waals surface area (Å²) in [5.41, 5.74) is 1.15. The number of nitrogens with zero attached hydrogens (tertiary/aromatic N) is 3. The Bertz CT molecular complexity index is 1040.